The molecule has 0 saturated carbocycles. The van der Waals surface area contributed by atoms with E-state index >= 15 is 0 Å². The molecule has 5 rings (SSSR count). The number of fused-ring (bicyclic) bond motifs is 1. The smallest absolute Gasteiger partial charge is 0.255 e. The highest BCUT2D eigenvalue weighted by Crippen LogP contribution is 2.25. The minimum absolute atomic E-state index is 0.116. The first-order valence-electron chi connectivity index (χ1n) is 12.2. The molecule has 0 unspecified atom stereocenters. The Morgan fingerprint density at radius 1 is 1.11 bits per heavy atom. The van der Waals surface area contributed by atoms with E-state index in [1.165, 1.54) is 19.0 Å². The van der Waals surface area contributed by atoms with E-state index in [0.717, 1.165) is 52.6 Å². The monoisotopic (exact) mass is 478 g/mol. The summed E-state index contributed by atoms with van der Waals surface area (Å²) in [6.07, 6.45) is 11.5. The number of hydrogen-bond donors (Lipinski definition) is 1. The van der Waals surface area contributed by atoms with Crippen LogP contribution in [0.3, 0.4) is 0 Å². The number of aryl methyl sites for hydroxylation is 1. The second kappa shape index (κ2) is 10.1. The van der Waals surface area contributed by atoms with Crippen LogP contribution in [-0.4, -0.2) is 39.4 Å². The van der Waals surface area contributed by atoms with Crippen LogP contribution in [0.4, 0.5) is 11.4 Å². The van der Waals surface area contributed by atoms with E-state index in [-0.39, 0.29) is 5.91 Å². The molecule has 0 atom stereocenters. The SMILES string of the molecule is C=CN=C/C(=C\C)c1cc2n(-c3cc(NC(=O)c4cccc(N5CCCC5)c4)ccc3C)ccn2n1. The van der Waals surface area contributed by atoms with Crippen LogP contribution < -0.4 is 10.2 Å². The Labute approximate surface area is 211 Å². The van der Waals surface area contributed by atoms with E-state index in [2.05, 4.69) is 39.3 Å². The number of imidazole rings is 1. The topological polar surface area (TPSA) is 66.9 Å². The lowest BCUT2D eigenvalue weighted by atomic mass is 10.1. The molecule has 1 aliphatic heterocycles. The van der Waals surface area contributed by atoms with Crippen LogP contribution in [0.5, 0.6) is 0 Å². The van der Waals surface area contributed by atoms with Gasteiger partial charge in [0.2, 0.25) is 0 Å². The summed E-state index contributed by atoms with van der Waals surface area (Å²) in [7, 11) is 0. The van der Waals surface area contributed by atoms with Gasteiger partial charge >= 0.3 is 0 Å². The number of benzene rings is 2. The summed E-state index contributed by atoms with van der Waals surface area (Å²) < 4.78 is 3.92. The van der Waals surface area contributed by atoms with Crippen molar-refractivity contribution in [1.82, 2.24) is 14.2 Å². The molecule has 2 aromatic heterocycles. The number of allylic oxidation sites excluding steroid dienone is 2. The van der Waals surface area contributed by atoms with Gasteiger partial charge in [-0.15, -0.1) is 0 Å². The largest absolute Gasteiger partial charge is 0.372 e. The first-order chi connectivity index (χ1) is 17.6. The molecule has 1 amide bonds. The molecule has 4 aromatic rings. The van der Waals surface area contributed by atoms with Crippen molar-refractivity contribution in [2.24, 2.45) is 4.99 Å². The zero-order chi connectivity index (χ0) is 25.1. The number of hydrogen-bond acceptors (Lipinski definition) is 4. The van der Waals surface area contributed by atoms with E-state index in [9.17, 15) is 4.79 Å². The summed E-state index contributed by atoms with van der Waals surface area (Å²) in [4.78, 5) is 19.6. The fourth-order valence-electron chi connectivity index (χ4n) is 4.62. The Balaban J connectivity index is 1.42. The van der Waals surface area contributed by atoms with Gasteiger partial charge in [0.25, 0.3) is 5.91 Å². The third-order valence-corrected chi connectivity index (χ3v) is 6.55. The molecule has 0 aliphatic carbocycles. The van der Waals surface area contributed by atoms with Crippen molar-refractivity contribution in [3.63, 3.8) is 0 Å². The highest BCUT2D eigenvalue weighted by atomic mass is 16.1. The van der Waals surface area contributed by atoms with E-state index in [4.69, 9.17) is 5.10 Å². The number of nitrogens with zero attached hydrogens (tertiary/aromatic N) is 5. The van der Waals surface area contributed by atoms with Crippen LogP contribution in [-0.2, 0) is 0 Å². The number of nitrogens with one attached hydrogen (secondary N) is 1. The lowest BCUT2D eigenvalue weighted by molar-refractivity contribution is 0.102. The number of rotatable bonds is 7. The van der Waals surface area contributed by atoms with Crippen molar-refractivity contribution in [3.05, 3.63) is 96.6 Å². The summed E-state index contributed by atoms with van der Waals surface area (Å²) in [6, 6.07) is 15.9. The normalized spacial score (nSPS) is 14.2. The molecule has 7 heteroatoms. The van der Waals surface area contributed by atoms with Crippen molar-refractivity contribution in [2.45, 2.75) is 26.7 Å². The van der Waals surface area contributed by atoms with E-state index in [1.54, 1.807) is 6.21 Å². The van der Waals surface area contributed by atoms with Crippen molar-refractivity contribution >= 4 is 34.7 Å². The minimum atomic E-state index is -0.116. The number of carbonyl (C=O) groups excluding carboxylic acids is 1. The maximum atomic E-state index is 13.1. The number of aromatic nitrogens is 3. The molecule has 0 radical (unpaired) electrons. The van der Waals surface area contributed by atoms with Gasteiger partial charge in [-0.25, -0.2) is 4.52 Å². The fourth-order valence-corrected chi connectivity index (χ4v) is 4.62. The minimum Gasteiger partial charge on any atom is -0.372 e. The number of anilines is 2. The number of aliphatic imine (C=N–C) groups is 1. The molecule has 7 nitrogen and oxygen atoms in total. The van der Waals surface area contributed by atoms with Crippen molar-refractivity contribution in [2.75, 3.05) is 23.3 Å². The number of carbonyl (C=O) groups is 1. The third kappa shape index (κ3) is 4.60. The molecular weight excluding hydrogens is 448 g/mol. The maximum absolute atomic E-state index is 13.1. The summed E-state index contributed by atoms with van der Waals surface area (Å²) >= 11 is 0. The van der Waals surface area contributed by atoms with E-state index in [0.29, 0.717) is 5.56 Å². The first kappa shape index (κ1) is 23.4. The molecular formula is C29H30N6O. The molecule has 1 saturated heterocycles. The summed E-state index contributed by atoms with van der Waals surface area (Å²) in [6.45, 7) is 9.75. The van der Waals surface area contributed by atoms with Crippen molar-refractivity contribution in [1.29, 1.82) is 0 Å². The van der Waals surface area contributed by atoms with Gasteiger partial charge in [-0.2, -0.15) is 5.10 Å². The van der Waals surface area contributed by atoms with Gasteiger partial charge < -0.3 is 10.2 Å². The van der Waals surface area contributed by atoms with Gasteiger partial charge in [0.05, 0.1) is 11.4 Å². The molecule has 182 valence electrons. The van der Waals surface area contributed by atoms with Crippen LogP contribution in [0.25, 0.3) is 16.9 Å². The van der Waals surface area contributed by atoms with Gasteiger partial charge in [0, 0.05) is 66.5 Å². The van der Waals surface area contributed by atoms with E-state index in [1.807, 2.05) is 72.4 Å². The second-order valence-corrected chi connectivity index (χ2v) is 8.91. The van der Waals surface area contributed by atoms with Crippen LogP contribution >= 0.6 is 0 Å². The van der Waals surface area contributed by atoms with Gasteiger partial charge in [-0.3, -0.25) is 14.4 Å². The predicted octanol–water partition coefficient (Wildman–Crippen LogP) is 5.90. The van der Waals surface area contributed by atoms with Crippen LogP contribution in [0, 0.1) is 6.92 Å². The lowest BCUT2D eigenvalue weighted by Gasteiger charge is -2.18. The van der Waals surface area contributed by atoms with Gasteiger partial charge in [-0.1, -0.05) is 24.8 Å². The average molecular weight is 479 g/mol. The number of amides is 1. The zero-order valence-corrected chi connectivity index (χ0v) is 20.7. The Morgan fingerprint density at radius 3 is 2.72 bits per heavy atom. The lowest BCUT2D eigenvalue weighted by Crippen LogP contribution is -2.19. The van der Waals surface area contributed by atoms with Gasteiger partial charge in [-0.05, 0) is 62.6 Å². The molecule has 2 aromatic carbocycles. The van der Waals surface area contributed by atoms with Crippen LogP contribution in [0.2, 0.25) is 0 Å². The summed E-state index contributed by atoms with van der Waals surface area (Å²) in [5, 5.41) is 7.77. The summed E-state index contributed by atoms with van der Waals surface area (Å²) in [5.74, 6) is -0.116. The quantitative estimate of drug-likeness (QED) is 0.336. The zero-order valence-electron chi connectivity index (χ0n) is 20.7. The van der Waals surface area contributed by atoms with Crippen LogP contribution in [0.15, 0.2) is 84.8 Å². The standard InChI is InChI=1S/C29H30N6O/c1-4-22(20-30-5-2)26-19-28-34(15-16-35(28)32-26)27-18-24(12-11-21(27)3)31-29(36)23-9-8-10-25(17-23)33-13-6-7-14-33/h4-5,8-12,15-20H,2,6-7,13-14H2,1,3H3,(H,31,36)/b22-4+,30-20?. The second-order valence-electron chi connectivity index (χ2n) is 8.91. The molecule has 1 fully saturated rings. The molecule has 0 bridgehead atoms. The van der Waals surface area contributed by atoms with Crippen LogP contribution in [0.1, 0.15) is 41.4 Å². The Kier molecular flexibility index (Phi) is 6.54. The summed E-state index contributed by atoms with van der Waals surface area (Å²) in [5.41, 5.74) is 7.23. The molecule has 36 heavy (non-hydrogen) atoms. The maximum Gasteiger partial charge on any atom is 0.255 e. The highest BCUT2D eigenvalue weighted by Gasteiger charge is 2.16. The molecule has 0 spiro atoms. The third-order valence-electron chi connectivity index (χ3n) is 6.55. The first-order valence-corrected chi connectivity index (χ1v) is 12.2. The van der Waals surface area contributed by atoms with Crippen molar-refractivity contribution in [3.8, 4) is 5.69 Å². The fraction of sp³-hybridized carbons (Fsp3) is 0.207. The van der Waals surface area contributed by atoms with Gasteiger partial charge in [0.1, 0.15) is 5.65 Å². The predicted molar refractivity (Wildman–Crippen MR) is 147 cm³/mol. The Bertz CT molecular complexity index is 1480. The Morgan fingerprint density at radius 2 is 1.94 bits per heavy atom. The van der Waals surface area contributed by atoms with Gasteiger partial charge in [0.15, 0.2) is 0 Å². The highest BCUT2D eigenvalue weighted by molar-refractivity contribution is 6.09. The molecule has 3 heterocycles. The van der Waals surface area contributed by atoms with E-state index < -0.39 is 0 Å². The Hall–Kier alpha value is -4.39. The molecule has 1 N–H and O–H groups in total. The average Bonchev–Trinajstić information content (AvgIpc) is 3.64. The molecule has 1 aliphatic rings. The van der Waals surface area contributed by atoms with Crippen molar-refractivity contribution < 1.29 is 4.79 Å².